The van der Waals surface area contributed by atoms with Crippen LogP contribution in [-0.2, 0) is 16.4 Å². The van der Waals surface area contributed by atoms with E-state index < -0.39 is 27.8 Å². The summed E-state index contributed by atoms with van der Waals surface area (Å²) >= 11 is 0. The topological polar surface area (TPSA) is 108 Å². The molecule has 6 nitrogen and oxygen atoms in total. The average molecular weight is 413 g/mol. The third-order valence-corrected chi connectivity index (χ3v) is 7.16. The number of hydrogen-bond acceptors (Lipinski definition) is 6. The second-order valence-electron chi connectivity index (χ2n) is 7.36. The van der Waals surface area contributed by atoms with Gasteiger partial charge < -0.3 is 19.7 Å². The number of furan rings is 1. The van der Waals surface area contributed by atoms with Crippen LogP contribution >= 0.6 is 0 Å². The molecule has 7 heteroatoms. The van der Waals surface area contributed by atoms with Gasteiger partial charge in [-0.25, -0.2) is 8.42 Å². The largest absolute Gasteiger partial charge is 0.459 e. The molecule has 2 atom stereocenters. The van der Waals surface area contributed by atoms with Gasteiger partial charge in [-0.15, -0.1) is 0 Å². The van der Waals surface area contributed by atoms with Crippen molar-refractivity contribution in [2.75, 3.05) is 12.4 Å². The number of aliphatic hydroxyl groups excluding tert-OH is 3. The number of hydrogen-bond donors (Lipinski definition) is 3. The van der Waals surface area contributed by atoms with Crippen molar-refractivity contribution in [3.63, 3.8) is 0 Å². The Morgan fingerprint density at radius 1 is 1.25 bits per heavy atom. The molecule has 0 radical (unpaired) electrons. The van der Waals surface area contributed by atoms with Gasteiger partial charge in [0, 0.05) is 0 Å². The van der Waals surface area contributed by atoms with Crippen LogP contribution in [0.15, 0.2) is 33.3 Å². The van der Waals surface area contributed by atoms with Crippen LogP contribution in [0, 0.1) is 0 Å². The maximum atomic E-state index is 12.3. The van der Waals surface area contributed by atoms with Crippen LogP contribution in [0.1, 0.15) is 63.9 Å². The summed E-state index contributed by atoms with van der Waals surface area (Å²) in [6.07, 6.45) is 5.23. The fraction of sp³-hybridized carbons (Fsp3) is 0.619. The summed E-state index contributed by atoms with van der Waals surface area (Å²) in [5, 5.41) is 28.5. The van der Waals surface area contributed by atoms with Crippen molar-refractivity contribution in [1.29, 1.82) is 0 Å². The Labute approximate surface area is 167 Å². The molecule has 1 aliphatic rings. The van der Waals surface area contributed by atoms with Crippen LogP contribution in [0.4, 0.5) is 0 Å². The first-order valence-electron chi connectivity index (χ1n) is 9.97. The highest BCUT2D eigenvalue weighted by molar-refractivity contribution is 7.92. The Bertz CT molecular complexity index is 803. The fourth-order valence-corrected chi connectivity index (χ4v) is 5.79. The number of rotatable bonds is 11. The molecule has 0 aromatic carbocycles. The van der Waals surface area contributed by atoms with Crippen LogP contribution in [0.3, 0.4) is 0 Å². The predicted octanol–water partition coefficient (Wildman–Crippen LogP) is 2.98. The van der Waals surface area contributed by atoms with E-state index in [0.717, 1.165) is 30.4 Å². The minimum absolute atomic E-state index is 0.0630. The molecule has 2 heterocycles. The molecular formula is C21H32O6S. The number of allylic oxidation sites excluding steroid dienone is 1. The van der Waals surface area contributed by atoms with Crippen LogP contribution < -0.4 is 0 Å². The lowest BCUT2D eigenvalue weighted by Gasteiger charge is -2.19. The molecule has 0 unspecified atom stereocenters. The summed E-state index contributed by atoms with van der Waals surface area (Å²) in [5.74, 6) is 1.09. The quantitative estimate of drug-likeness (QED) is 0.482. The van der Waals surface area contributed by atoms with Gasteiger partial charge >= 0.3 is 0 Å². The first kappa shape index (κ1) is 22.9. The van der Waals surface area contributed by atoms with Gasteiger partial charge in [-0.1, -0.05) is 37.8 Å². The van der Waals surface area contributed by atoms with Crippen LogP contribution in [0.2, 0.25) is 0 Å². The number of sulfone groups is 1. The monoisotopic (exact) mass is 412 g/mol. The van der Waals surface area contributed by atoms with Gasteiger partial charge in [-0.3, -0.25) is 0 Å². The van der Waals surface area contributed by atoms with Gasteiger partial charge in [-0.05, 0) is 49.5 Å². The van der Waals surface area contributed by atoms with Gasteiger partial charge in [-0.2, -0.15) is 0 Å². The van der Waals surface area contributed by atoms with Crippen molar-refractivity contribution in [3.05, 3.63) is 40.4 Å². The van der Waals surface area contributed by atoms with E-state index >= 15 is 0 Å². The second-order valence-corrected chi connectivity index (χ2v) is 9.54. The third-order valence-electron chi connectivity index (χ3n) is 5.14. The van der Waals surface area contributed by atoms with Crippen molar-refractivity contribution >= 4 is 15.9 Å². The van der Waals surface area contributed by atoms with Crippen molar-refractivity contribution < 1.29 is 28.2 Å². The van der Waals surface area contributed by atoms with E-state index in [1.165, 1.54) is 0 Å². The van der Waals surface area contributed by atoms with Crippen molar-refractivity contribution in [1.82, 2.24) is 0 Å². The molecule has 158 valence electrons. The highest BCUT2D eigenvalue weighted by atomic mass is 32.2. The Morgan fingerprint density at radius 3 is 2.57 bits per heavy atom. The lowest BCUT2D eigenvalue weighted by atomic mass is 9.92. The maximum absolute atomic E-state index is 12.3. The van der Waals surface area contributed by atoms with E-state index in [4.69, 9.17) is 9.52 Å². The van der Waals surface area contributed by atoms with Gasteiger partial charge in [0.25, 0.3) is 0 Å². The molecule has 0 fully saturated rings. The molecule has 0 bridgehead atoms. The van der Waals surface area contributed by atoms with E-state index in [1.54, 1.807) is 12.1 Å². The molecule has 3 N–H and O–H groups in total. The Balaban J connectivity index is 2.16. The second kappa shape index (κ2) is 10.4. The first-order chi connectivity index (χ1) is 13.4. The average Bonchev–Trinajstić information content (AvgIpc) is 3.20. The van der Waals surface area contributed by atoms with E-state index in [9.17, 15) is 18.6 Å². The van der Waals surface area contributed by atoms with E-state index in [1.807, 2.05) is 13.0 Å². The summed E-state index contributed by atoms with van der Waals surface area (Å²) in [5.41, 5.74) is 2.36. The molecule has 0 amide bonds. The van der Waals surface area contributed by atoms with E-state index in [0.29, 0.717) is 36.4 Å². The Hall–Kier alpha value is -1.41. The standard InChI is InChI=1S/C21H32O6S/c1-3-5-15(11-17-8-9-18(12-22)27-17)7-10-19(24)21-16(6-4-2)14-28(25,26)20(21)13-23/h8-9,11,19-20,22-24H,3-7,10,12-14H2,1-2H3/b15-11+/t19-,20+/m1/s1. The normalized spacial score (nSPS) is 20.8. The van der Waals surface area contributed by atoms with Crippen LogP contribution in [0.5, 0.6) is 0 Å². The summed E-state index contributed by atoms with van der Waals surface area (Å²) in [7, 11) is -3.44. The van der Waals surface area contributed by atoms with E-state index in [-0.39, 0.29) is 12.4 Å². The van der Waals surface area contributed by atoms with E-state index in [2.05, 4.69) is 6.92 Å². The summed E-state index contributed by atoms with van der Waals surface area (Å²) < 4.78 is 30.2. The van der Waals surface area contributed by atoms with Crippen molar-refractivity contribution in [2.45, 2.75) is 70.3 Å². The maximum Gasteiger partial charge on any atom is 0.163 e. The molecule has 1 aliphatic heterocycles. The zero-order chi connectivity index (χ0) is 20.7. The summed E-state index contributed by atoms with van der Waals surface area (Å²) in [6, 6.07) is 3.52. The lowest BCUT2D eigenvalue weighted by molar-refractivity contribution is 0.188. The highest BCUT2D eigenvalue weighted by Gasteiger charge is 2.40. The fourth-order valence-electron chi connectivity index (χ4n) is 3.85. The molecule has 2 rings (SSSR count). The zero-order valence-corrected chi connectivity index (χ0v) is 17.5. The van der Waals surface area contributed by atoms with Crippen LogP contribution in [0.25, 0.3) is 6.08 Å². The van der Waals surface area contributed by atoms with Gasteiger partial charge in [0.1, 0.15) is 23.4 Å². The van der Waals surface area contributed by atoms with Crippen molar-refractivity contribution in [3.8, 4) is 0 Å². The smallest absolute Gasteiger partial charge is 0.163 e. The van der Waals surface area contributed by atoms with Gasteiger partial charge in [0.15, 0.2) is 9.84 Å². The Kier molecular flexibility index (Phi) is 8.49. The Morgan fingerprint density at radius 2 is 2.00 bits per heavy atom. The summed E-state index contributed by atoms with van der Waals surface area (Å²) in [6.45, 7) is 3.40. The van der Waals surface area contributed by atoms with Gasteiger partial charge in [0.2, 0.25) is 0 Å². The van der Waals surface area contributed by atoms with Crippen LogP contribution in [-0.4, -0.2) is 47.5 Å². The lowest BCUT2D eigenvalue weighted by Crippen LogP contribution is -2.29. The highest BCUT2D eigenvalue weighted by Crippen LogP contribution is 2.34. The SMILES string of the molecule is CCCC1=C([C@H](O)CC/C(=C/c2ccc(CO)o2)CCC)[C@H](CO)S(=O)(=O)C1. The molecule has 0 saturated carbocycles. The third kappa shape index (κ3) is 5.56. The molecule has 0 aliphatic carbocycles. The molecule has 0 saturated heterocycles. The molecule has 1 aromatic heterocycles. The van der Waals surface area contributed by atoms with Gasteiger partial charge in [0.05, 0.1) is 18.5 Å². The molecule has 0 spiro atoms. The predicted molar refractivity (Wildman–Crippen MR) is 109 cm³/mol. The summed E-state index contributed by atoms with van der Waals surface area (Å²) in [4.78, 5) is 0. The zero-order valence-electron chi connectivity index (χ0n) is 16.7. The minimum Gasteiger partial charge on any atom is -0.459 e. The van der Waals surface area contributed by atoms with Crippen molar-refractivity contribution in [2.24, 2.45) is 0 Å². The molecule has 28 heavy (non-hydrogen) atoms. The minimum atomic E-state index is -3.44. The first-order valence-corrected chi connectivity index (χ1v) is 11.7. The molecule has 1 aromatic rings. The number of aliphatic hydroxyl groups is 3. The molecular weight excluding hydrogens is 380 g/mol.